The normalized spacial score (nSPS) is 11.2. The molecule has 100 valence electrons. The maximum Gasteiger partial charge on any atom is 0.335 e. The molecule has 0 amide bonds. The Morgan fingerprint density at radius 2 is 1.65 bits per heavy atom. The first-order valence-corrected chi connectivity index (χ1v) is 5.90. The summed E-state index contributed by atoms with van der Waals surface area (Å²) in [5, 5.41) is 27.1. The standard InChI is InChI=1S/C10H18O5S2/c1-7(9(16)17)8(14)15-3-2-10(4-11,5-12)6-13/h11-13,16-17H,2-6H2,1H3. The molecule has 0 unspecified atom stereocenters. The molecule has 17 heavy (non-hydrogen) atoms. The van der Waals surface area contributed by atoms with E-state index in [0.29, 0.717) is 0 Å². The lowest BCUT2D eigenvalue weighted by Crippen LogP contribution is -2.35. The van der Waals surface area contributed by atoms with Crippen molar-refractivity contribution in [1.82, 2.24) is 0 Å². The molecule has 0 fully saturated rings. The van der Waals surface area contributed by atoms with Crippen molar-refractivity contribution in [1.29, 1.82) is 0 Å². The van der Waals surface area contributed by atoms with Gasteiger partial charge in [-0.2, -0.15) is 0 Å². The summed E-state index contributed by atoms with van der Waals surface area (Å²) in [6.45, 7) is 0.381. The molecule has 0 aromatic heterocycles. The van der Waals surface area contributed by atoms with Crippen LogP contribution in [-0.2, 0) is 9.53 Å². The third-order valence-corrected chi connectivity index (χ3v) is 3.18. The molecular formula is C10H18O5S2. The molecular weight excluding hydrogens is 264 g/mol. The van der Waals surface area contributed by atoms with Crippen molar-refractivity contribution in [3.8, 4) is 0 Å². The minimum atomic E-state index is -1.03. The molecule has 0 saturated carbocycles. The predicted octanol–water partition coefficient (Wildman–Crippen LogP) is -0.0259. The summed E-state index contributed by atoms with van der Waals surface area (Å²) in [5.74, 6) is -0.562. The second kappa shape index (κ2) is 7.99. The molecule has 0 aliphatic carbocycles. The summed E-state index contributed by atoms with van der Waals surface area (Å²) in [6, 6.07) is 0. The van der Waals surface area contributed by atoms with Crippen molar-refractivity contribution in [2.75, 3.05) is 26.4 Å². The Hall–Kier alpha value is -0.210. The van der Waals surface area contributed by atoms with Crippen molar-refractivity contribution < 1.29 is 24.9 Å². The number of carbonyl (C=O) groups is 1. The summed E-state index contributed by atoms with van der Waals surface area (Å²) in [6.07, 6.45) is 0.171. The van der Waals surface area contributed by atoms with E-state index in [0.717, 1.165) is 0 Å². The lowest BCUT2D eigenvalue weighted by molar-refractivity contribution is -0.140. The minimum absolute atomic E-state index is 0.00725. The monoisotopic (exact) mass is 282 g/mol. The SMILES string of the molecule is CC(C(=O)OCCC(CO)(CO)CO)=C(S)S. The van der Waals surface area contributed by atoms with E-state index in [1.165, 1.54) is 6.92 Å². The zero-order valence-corrected chi connectivity index (χ0v) is 11.4. The summed E-state index contributed by atoms with van der Waals surface area (Å²) in [7, 11) is 0. The first kappa shape index (κ1) is 16.8. The van der Waals surface area contributed by atoms with E-state index in [1.54, 1.807) is 0 Å². The molecule has 0 heterocycles. The quantitative estimate of drug-likeness (QED) is 0.257. The second-order valence-electron chi connectivity index (χ2n) is 3.81. The van der Waals surface area contributed by atoms with Crippen molar-refractivity contribution in [3.05, 3.63) is 9.81 Å². The van der Waals surface area contributed by atoms with Crippen molar-refractivity contribution in [3.63, 3.8) is 0 Å². The van der Waals surface area contributed by atoms with Gasteiger partial charge in [-0.15, -0.1) is 25.3 Å². The van der Waals surface area contributed by atoms with Crippen molar-refractivity contribution in [2.24, 2.45) is 5.41 Å². The molecule has 0 saturated heterocycles. The molecule has 0 aliphatic heterocycles. The van der Waals surface area contributed by atoms with E-state index in [4.69, 9.17) is 20.1 Å². The van der Waals surface area contributed by atoms with Crippen LogP contribution in [0.4, 0.5) is 0 Å². The molecule has 3 N–H and O–H groups in total. The van der Waals surface area contributed by atoms with Crippen LogP contribution in [0, 0.1) is 5.41 Å². The van der Waals surface area contributed by atoms with E-state index in [9.17, 15) is 4.79 Å². The molecule has 0 aliphatic rings. The Balaban J connectivity index is 4.24. The molecule has 0 atom stereocenters. The molecule has 7 heteroatoms. The Labute approximate surface area is 111 Å². The van der Waals surface area contributed by atoms with Gasteiger partial charge in [-0.25, -0.2) is 4.79 Å². The smallest absolute Gasteiger partial charge is 0.335 e. The Bertz CT molecular complexity index is 274. The average Bonchev–Trinajstić information content (AvgIpc) is 2.34. The lowest BCUT2D eigenvalue weighted by Gasteiger charge is -2.26. The van der Waals surface area contributed by atoms with E-state index in [2.05, 4.69) is 25.3 Å². The maximum atomic E-state index is 11.4. The fourth-order valence-corrected chi connectivity index (χ4v) is 1.13. The third-order valence-electron chi connectivity index (χ3n) is 2.51. The highest BCUT2D eigenvalue weighted by Gasteiger charge is 2.28. The fourth-order valence-electron chi connectivity index (χ4n) is 0.947. The predicted molar refractivity (Wildman–Crippen MR) is 69.9 cm³/mol. The molecule has 0 aromatic carbocycles. The number of aliphatic hydroxyl groups excluding tert-OH is 3. The summed E-state index contributed by atoms with van der Waals surface area (Å²) in [4.78, 5) is 11.4. The largest absolute Gasteiger partial charge is 0.462 e. The van der Waals surface area contributed by atoms with Crippen LogP contribution >= 0.6 is 25.3 Å². The zero-order chi connectivity index (χ0) is 13.5. The second-order valence-corrected chi connectivity index (χ2v) is 5.06. The van der Waals surface area contributed by atoms with Gasteiger partial charge in [-0.1, -0.05) is 0 Å². The van der Waals surface area contributed by atoms with Crippen LogP contribution < -0.4 is 0 Å². The van der Waals surface area contributed by atoms with Gasteiger partial charge >= 0.3 is 5.97 Å². The number of carbonyl (C=O) groups excluding carboxylic acids is 1. The van der Waals surface area contributed by atoms with Crippen LogP contribution in [0.2, 0.25) is 0 Å². The minimum Gasteiger partial charge on any atom is -0.462 e. The fraction of sp³-hybridized carbons (Fsp3) is 0.700. The van der Waals surface area contributed by atoms with Gasteiger partial charge in [0.2, 0.25) is 0 Å². The highest BCUT2D eigenvalue weighted by Crippen LogP contribution is 2.20. The van der Waals surface area contributed by atoms with Gasteiger partial charge in [0.25, 0.3) is 0 Å². The van der Waals surface area contributed by atoms with E-state index >= 15 is 0 Å². The van der Waals surface area contributed by atoms with Gasteiger partial charge in [0, 0.05) is 9.65 Å². The van der Waals surface area contributed by atoms with E-state index < -0.39 is 11.4 Å². The first-order chi connectivity index (χ1) is 7.92. The van der Waals surface area contributed by atoms with Gasteiger partial charge < -0.3 is 20.1 Å². The van der Waals surface area contributed by atoms with Gasteiger partial charge in [0.05, 0.1) is 32.0 Å². The number of esters is 1. The number of ether oxygens (including phenoxy) is 1. The molecule has 0 aromatic rings. The number of aliphatic hydroxyl groups is 3. The van der Waals surface area contributed by atoms with Crippen LogP contribution in [-0.4, -0.2) is 47.7 Å². The Morgan fingerprint density at radius 3 is 2.00 bits per heavy atom. The number of hydrogen-bond donors (Lipinski definition) is 5. The number of thiol groups is 2. The first-order valence-electron chi connectivity index (χ1n) is 5.01. The number of rotatable bonds is 7. The van der Waals surface area contributed by atoms with E-state index in [-0.39, 0.29) is 42.7 Å². The van der Waals surface area contributed by atoms with Crippen LogP contribution in [0.1, 0.15) is 13.3 Å². The molecule has 0 bridgehead atoms. The average molecular weight is 282 g/mol. The van der Waals surface area contributed by atoms with Gasteiger partial charge in [-0.05, 0) is 13.3 Å². The number of hydrogen-bond acceptors (Lipinski definition) is 7. The van der Waals surface area contributed by atoms with Crippen molar-refractivity contribution >= 4 is 31.2 Å². The Kier molecular flexibility index (Phi) is 7.89. The molecule has 0 spiro atoms. The lowest BCUT2D eigenvalue weighted by atomic mass is 9.88. The topological polar surface area (TPSA) is 87.0 Å². The maximum absolute atomic E-state index is 11.4. The van der Waals surface area contributed by atoms with E-state index in [1.807, 2.05) is 0 Å². The molecule has 0 rings (SSSR count). The van der Waals surface area contributed by atoms with Crippen LogP contribution in [0.25, 0.3) is 0 Å². The summed E-state index contributed by atoms with van der Waals surface area (Å²) >= 11 is 7.78. The molecule has 0 radical (unpaired) electrons. The summed E-state index contributed by atoms with van der Waals surface area (Å²) < 4.78 is 5.17. The molecule has 5 nitrogen and oxygen atoms in total. The van der Waals surface area contributed by atoms with Gasteiger partial charge in [0.1, 0.15) is 0 Å². The summed E-state index contributed by atoms with van der Waals surface area (Å²) in [5.41, 5.74) is -0.748. The third kappa shape index (κ3) is 5.31. The van der Waals surface area contributed by atoms with Crippen molar-refractivity contribution in [2.45, 2.75) is 13.3 Å². The highest BCUT2D eigenvalue weighted by molar-refractivity contribution is 8.05. The Morgan fingerprint density at radius 1 is 1.18 bits per heavy atom. The van der Waals surface area contributed by atoms with Crippen LogP contribution in [0.3, 0.4) is 0 Å². The van der Waals surface area contributed by atoms with Crippen LogP contribution in [0.15, 0.2) is 9.81 Å². The van der Waals surface area contributed by atoms with Crippen LogP contribution in [0.5, 0.6) is 0 Å². The highest BCUT2D eigenvalue weighted by atomic mass is 32.2. The van der Waals surface area contributed by atoms with Gasteiger partial charge in [-0.3, -0.25) is 0 Å². The van der Waals surface area contributed by atoms with Gasteiger partial charge in [0.15, 0.2) is 0 Å². The zero-order valence-electron chi connectivity index (χ0n) is 9.59.